The first-order valence-electron chi connectivity index (χ1n) is 3.99. The average molecular weight is 216 g/mol. The molecule has 0 fully saturated rings. The zero-order chi connectivity index (χ0) is 10.6. The van der Waals surface area contributed by atoms with Gasteiger partial charge in [-0.05, 0) is 14.0 Å². The Morgan fingerprint density at radius 1 is 1.86 bits per heavy atom. The monoisotopic (exact) mass is 216 g/mol. The van der Waals surface area contributed by atoms with Gasteiger partial charge in [0.15, 0.2) is 5.16 Å². The van der Waals surface area contributed by atoms with E-state index in [2.05, 4.69) is 20.5 Å². The zero-order valence-electron chi connectivity index (χ0n) is 7.94. The minimum atomic E-state index is -0.947. The molecule has 6 nitrogen and oxygen atoms in total. The van der Waals surface area contributed by atoms with Crippen LogP contribution in [0.1, 0.15) is 6.92 Å². The molecule has 3 N–H and O–H groups in total. The molecular weight excluding hydrogens is 204 g/mol. The molecule has 0 aliphatic heterocycles. The first-order chi connectivity index (χ1) is 6.58. The third-order valence-electron chi connectivity index (χ3n) is 1.91. The van der Waals surface area contributed by atoms with Crippen molar-refractivity contribution in [3.05, 3.63) is 6.33 Å². The van der Waals surface area contributed by atoms with E-state index in [-0.39, 0.29) is 0 Å². The van der Waals surface area contributed by atoms with Crippen molar-refractivity contribution in [2.45, 2.75) is 17.6 Å². The summed E-state index contributed by atoms with van der Waals surface area (Å²) >= 11 is 1.31. The van der Waals surface area contributed by atoms with Crippen LogP contribution in [-0.4, -0.2) is 44.6 Å². The number of nitrogens with zero attached hydrogens (tertiary/aromatic N) is 2. The lowest BCUT2D eigenvalue weighted by Gasteiger charge is -2.22. The number of aromatic amines is 1. The van der Waals surface area contributed by atoms with E-state index in [0.717, 1.165) is 0 Å². The van der Waals surface area contributed by atoms with E-state index in [4.69, 9.17) is 5.11 Å². The maximum Gasteiger partial charge on any atom is 0.324 e. The molecule has 0 aliphatic carbocycles. The largest absolute Gasteiger partial charge is 0.480 e. The summed E-state index contributed by atoms with van der Waals surface area (Å²) in [7, 11) is 1.62. The van der Waals surface area contributed by atoms with Gasteiger partial charge < -0.3 is 10.4 Å². The van der Waals surface area contributed by atoms with Crippen LogP contribution in [0, 0.1) is 0 Å². The molecule has 0 spiro atoms. The molecule has 14 heavy (non-hydrogen) atoms. The number of aliphatic carboxylic acids is 1. The SMILES string of the molecule is CNC(C)(CSc1ncn[nH]1)C(=O)O. The van der Waals surface area contributed by atoms with Gasteiger partial charge in [0.1, 0.15) is 11.9 Å². The number of carbonyl (C=O) groups is 1. The van der Waals surface area contributed by atoms with Gasteiger partial charge in [-0.25, -0.2) is 4.98 Å². The van der Waals surface area contributed by atoms with E-state index in [1.165, 1.54) is 18.1 Å². The number of carboxylic acids is 1. The number of likely N-dealkylation sites (N-methyl/N-ethyl adjacent to an activating group) is 1. The maximum absolute atomic E-state index is 10.9. The molecule has 78 valence electrons. The van der Waals surface area contributed by atoms with Gasteiger partial charge in [0.2, 0.25) is 0 Å². The van der Waals surface area contributed by atoms with Gasteiger partial charge in [-0.1, -0.05) is 11.8 Å². The lowest BCUT2D eigenvalue weighted by molar-refractivity contribution is -0.142. The highest BCUT2D eigenvalue weighted by Gasteiger charge is 2.31. The summed E-state index contributed by atoms with van der Waals surface area (Å²) in [6.45, 7) is 1.62. The fraction of sp³-hybridized carbons (Fsp3) is 0.571. The van der Waals surface area contributed by atoms with Crippen molar-refractivity contribution in [3.63, 3.8) is 0 Å². The molecular formula is C7H12N4O2S. The molecule has 0 saturated heterocycles. The second kappa shape index (κ2) is 4.43. The quantitative estimate of drug-likeness (QED) is 0.598. The number of thioether (sulfide) groups is 1. The highest BCUT2D eigenvalue weighted by atomic mass is 32.2. The Kier molecular flexibility index (Phi) is 3.48. The Bertz CT molecular complexity index is 303. The van der Waals surface area contributed by atoms with Crippen LogP contribution in [0.5, 0.6) is 0 Å². The number of H-pyrrole nitrogens is 1. The minimum Gasteiger partial charge on any atom is -0.480 e. The maximum atomic E-state index is 10.9. The van der Waals surface area contributed by atoms with Gasteiger partial charge in [-0.15, -0.1) is 0 Å². The smallest absolute Gasteiger partial charge is 0.324 e. The van der Waals surface area contributed by atoms with E-state index < -0.39 is 11.5 Å². The van der Waals surface area contributed by atoms with Crippen LogP contribution in [0.15, 0.2) is 11.5 Å². The summed E-state index contributed by atoms with van der Waals surface area (Å²) in [4.78, 5) is 14.8. The molecule has 0 radical (unpaired) electrons. The third-order valence-corrected chi connectivity index (χ3v) is 3.11. The summed E-state index contributed by atoms with van der Waals surface area (Å²) < 4.78 is 0. The fourth-order valence-electron chi connectivity index (χ4n) is 0.717. The number of hydrogen-bond acceptors (Lipinski definition) is 5. The second-order valence-corrected chi connectivity index (χ2v) is 3.93. The molecule has 0 amide bonds. The van der Waals surface area contributed by atoms with Crippen molar-refractivity contribution in [1.82, 2.24) is 20.5 Å². The summed E-state index contributed by atoms with van der Waals surface area (Å²) in [5.41, 5.74) is -0.947. The predicted molar refractivity (Wildman–Crippen MR) is 52.2 cm³/mol. The lowest BCUT2D eigenvalue weighted by atomic mass is 10.1. The van der Waals surface area contributed by atoms with E-state index in [1.807, 2.05) is 0 Å². The molecule has 0 bridgehead atoms. The van der Waals surface area contributed by atoms with Crippen LogP contribution >= 0.6 is 11.8 Å². The van der Waals surface area contributed by atoms with Crippen molar-refractivity contribution < 1.29 is 9.90 Å². The number of nitrogens with one attached hydrogen (secondary N) is 2. The van der Waals surface area contributed by atoms with Gasteiger partial charge >= 0.3 is 5.97 Å². The number of hydrogen-bond donors (Lipinski definition) is 3. The van der Waals surface area contributed by atoms with Gasteiger partial charge in [-0.2, -0.15) is 5.10 Å². The third kappa shape index (κ3) is 2.46. The van der Waals surface area contributed by atoms with E-state index in [0.29, 0.717) is 10.9 Å². The van der Waals surface area contributed by atoms with Crippen LogP contribution in [0.2, 0.25) is 0 Å². The fourth-order valence-corrected chi connectivity index (χ4v) is 1.65. The Balaban J connectivity index is 2.54. The highest BCUT2D eigenvalue weighted by molar-refractivity contribution is 7.99. The van der Waals surface area contributed by atoms with Crippen molar-refractivity contribution in [2.24, 2.45) is 0 Å². The van der Waals surface area contributed by atoms with E-state index in [9.17, 15) is 4.79 Å². The Hall–Kier alpha value is -1.08. The van der Waals surface area contributed by atoms with Crippen LogP contribution in [-0.2, 0) is 4.79 Å². The van der Waals surface area contributed by atoms with Crippen LogP contribution in [0.4, 0.5) is 0 Å². The first-order valence-corrected chi connectivity index (χ1v) is 4.97. The zero-order valence-corrected chi connectivity index (χ0v) is 8.76. The normalized spacial score (nSPS) is 15.0. The topological polar surface area (TPSA) is 90.9 Å². The summed E-state index contributed by atoms with van der Waals surface area (Å²) in [5.74, 6) is -0.499. The molecule has 1 rings (SSSR count). The Labute approximate surface area is 85.5 Å². The van der Waals surface area contributed by atoms with Gasteiger partial charge in [0.25, 0.3) is 0 Å². The number of aromatic nitrogens is 3. The minimum absolute atomic E-state index is 0.383. The number of rotatable bonds is 5. The van der Waals surface area contributed by atoms with Crippen LogP contribution in [0.3, 0.4) is 0 Å². The predicted octanol–water partition coefficient (Wildman–Crippen LogP) is -0.0405. The second-order valence-electron chi connectivity index (χ2n) is 2.97. The Morgan fingerprint density at radius 3 is 3.00 bits per heavy atom. The first kappa shape index (κ1) is 11.0. The molecule has 1 aromatic rings. The Morgan fingerprint density at radius 2 is 2.57 bits per heavy atom. The molecule has 1 aromatic heterocycles. The molecule has 0 saturated carbocycles. The standard InChI is InChI=1S/C7H12N4O2S/c1-7(8-2,5(12)13)3-14-6-9-4-10-11-6/h4,8H,3H2,1-2H3,(H,12,13)(H,9,10,11). The molecule has 0 aromatic carbocycles. The molecule has 7 heteroatoms. The highest BCUT2D eigenvalue weighted by Crippen LogP contribution is 2.18. The van der Waals surface area contributed by atoms with Gasteiger partial charge in [0, 0.05) is 5.75 Å². The van der Waals surface area contributed by atoms with Gasteiger partial charge in [0.05, 0.1) is 0 Å². The van der Waals surface area contributed by atoms with Crippen LogP contribution < -0.4 is 5.32 Å². The van der Waals surface area contributed by atoms with Crippen LogP contribution in [0.25, 0.3) is 0 Å². The molecule has 1 atom stereocenters. The number of carboxylic acid groups (broad SMARTS) is 1. The van der Waals surface area contributed by atoms with Crippen molar-refractivity contribution >= 4 is 17.7 Å². The molecule has 1 unspecified atom stereocenters. The van der Waals surface area contributed by atoms with Crippen molar-refractivity contribution in [1.29, 1.82) is 0 Å². The molecule has 1 heterocycles. The van der Waals surface area contributed by atoms with E-state index in [1.54, 1.807) is 14.0 Å². The van der Waals surface area contributed by atoms with Crippen molar-refractivity contribution in [3.8, 4) is 0 Å². The molecule has 0 aliphatic rings. The van der Waals surface area contributed by atoms with Crippen molar-refractivity contribution in [2.75, 3.05) is 12.8 Å². The lowest BCUT2D eigenvalue weighted by Crippen LogP contribution is -2.49. The average Bonchev–Trinajstić information content (AvgIpc) is 2.66. The summed E-state index contributed by atoms with van der Waals surface area (Å²) in [5, 5.41) is 18.6. The summed E-state index contributed by atoms with van der Waals surface area (Å²) in [6.07, 6.45) is 1.39. The van der Waals surface area contributed by atoms with E-state index >= 15 is 0 Å². The summed E-state index contributed by atoms with van der Waals surface area (Å²) in [6, 6.07) is 0. The van der Waals surface area contributed by atoms with Gasteiger partial charge in [-0.3, -0.25) is 9.89 Å².